The number of nitrogens with one attached hydrogen (secondary N) is 1. The molecule has 0 atom stereocenters. The van der Waals surface area contributed by atoms with Crippen molar-refractivity contribution in [3.63, 3.8) is 0 Å². The summed E-state index contributed by atoms with van der Waals surface area (Å²) in [6, 6.07) is 11.3. The lowest BCUT2D eigenvalue weighted by molar-refractivity contribution is -0.385. The molecule has 0 saturated carbocycles. The molecule has 0 aromatic heterocycles. The number of benzene rings is 2. The number of rotatable bonds is 4. The van der Waals surface area contributed by atoms with E-state index in [4.69, 9.17) is 0 Å². The average Bonchev–Trinajstić information content (AvgIpc) is 2.41. The Bertz CT molecular complexity index is 656. The topological polar surface area (TPSA) is 55.2 Å². The lowest BCUT2D eigenvalue weighted by Gasteiger charge is -2.08. The first kappa shape index (κ1) is 14.5. The quantitative estimate of drug-likeness (QED) is 0.657. The standard InChI is InChI=1S/C15H15BrN2O2/c1-10-3-5-12(7-14(10)16)9-17-13-6-4-11(2)15(8-13)18(19)20/h3-8,17H,9H2,1-2H3. The number of nitro groups is 1. The van der Waals surface area contributed by atoms with Gasteiger partial charge in [0.15, 0.2) is 0 Å². The molecule has 0 unspecified atom stereocenters. The Hall–Kier alpha value is -1.88. The summed E-state index contributed by atoms with van der Waals surface area (Å²) in [5.74, 6) is 0. The first-order valence-corrected chi connectivity index (χ1v) is 7.00. The third kappa shape index (κ3) is 3.36. The second-order valence-corrected chi connectivity index (χ2v) is 5.55. The number of aryl methyl sites for hydroxylation is 2. The molecule has 2 aromatic rings. The first-order chi connectivity index (χ1) is 9.47. The Kier molecular flexibility index (Phi) is 4.39. The van der Waals surface area contributed by atoms with E-state index >= 15 is 0 Å². The molecule has 0 radical (unpaired) electrons. The highest BCUT2D eigenvalue weighted by Gasteiger charge is 2.10. The first-order valence-electron chi connectivity index (χ1n) is 6.21. The zero-order chi connectivity index (χ0) is 14.7. The highest BCUT2D eigenvalue weighted by Crippen LogP contribution is 2.23. The molecule has 0 amide bonds. The van der Waals surface area contributed by atoms with Crippen molar-refractivity contribution in [2.24, 2.45) is 0 Å². The van der Waals surface area contributed by atoms with Gasteiger partial charge in [-0.2, -0.15) is 0 Å². The molecule has 20 heavy (non-hydrogen) atoms. The van der Waals surface area contributed by atoms with Crippen molar-refractivity contribution in [3.05, 3.63) is 67.7 Å². The van der Waals surface area contributed by atoms with E-state index in [1.165, 1.54) is 5.56 Å². The Balaban J connectivity index is 2.12. The molecule has 2 rings (SSSR count). The predicted molar refractivity (Wildman–Crippen MR) is 84.0 cm³/mol. The molecule has 0 saturated heterocycles. The van der Waals surface area contributed by atoms with E-state index in [1.807, 2.05) is 31.2 Å². The molecular weight excluding hydrogens is 320 g/mol. The molecule has 2 aromatic carbocycles. The molecule has 0 aliphatic carbocycles. The molecule has 1 N–H and O–H groups in total. The zero-order valence-corrected chi connectivity index (χ0v) is 12.9. The summed E-state index contributed by atoms with van der Waals surface area (Å²) in [5.41, 5.74) is 3.85. The van der Waals surface area contributed by atoms with Crippen LogP contribution in [0.15, 0.2) is 40.9 Å². The maximum atomic E-state index is 10.9. The molecular formula is C15H15BrN2O2. The normalized spacial score (nSPS) is 10.3. The predicted octanol–water partition coefficient (Wildman–Crippen LogP) is 4.59. The highest BCUT2D eigenvalue weighted by molar-refractivity contribution is 9.10. The number of halogens is 1. The fourth-order valence-corrected chi connectivity index (χ4v) is 2.29. The second kappa shape index (κ2) is 6.05. The van der Waals surface area contributed by atoms with Crippen molar-refractivity contribution >= 4 is 27.3 Å². The van der Waals surface area contributed by atoms with Crippen molar-refractivity contribution in [1.82, 2.24) is 0 Å². The van der Waals surface area contributed by atoms with Crippen molar-refractivity contribution in [1.29, 1.82) is 0 Å². The number of hydrogen-bond donors (Lipinski definition) is 1. The Morgan fingerprint density at radius 1 is 1.15 bits per heavy atom. The molecule has 0 bridgehead atoms. The van der Waals surface area contributed by atoms with Crippen molar-refractivity contribution in [2.75, 3.05) is 5.32 Å². The van der Waals surface area contributed by atoms with Gasteiger partial charge in [0.2, 0.25) is 0 Å². The van der Waals surface area contributed by atoms with Crippen LogP contribution in [-0.4, -0.2) is 4.92 Å². The zero-order valence-electron chi connectivity index (χ0n) is 11.3. The molecule has 4 nitrogen and oxygen atoms in total. The third-order valence-corrected chi connectivity index (χ3v) is 3.99. The number of nitro benzene ring substituents is 1. The van der Waals surface area contributed by atoms with Gasteiger partial charge in [-0.1, -0.05) is 34.1 Å². The monoisotopic (exact) mass is 334 g/mol. The van der Waals surface area contributed by atoms with Gasteiger partial charge in [0.25, 0.3) is 5.69 Å². The summed E-state index contributed by atoms with van der Waals surface area (Å²) >= 11 is 3.50. The summed E-state index contributed by atoms with van der Waals surface area (Å²) in [6.45, 7) is 4.39. The maximum Gasteiger partial charge on any atom is 0.274 e. The van der Waals surface area contributed by atoms with Gasteiger partial charge in [0.1, 0.15) is 0 Å². The van der Waals surface area contributed by atoms with Gasteiger partial charge >= 0.3 is 0 Å². The molecule has 0 aliphatic rings. The second-order valence-electron chi connectivity index (χ2n) is 4.70. The fraction of sp³-hybridized carbons (Fsp3) is 0.200. The summed E-state index contributed by atoms with van der Waals surface area (Å²) in [7, 11) is 0. The molecule has 104 valence electrons. The minimum atomic E-state index is -0.358. The van der Waals surface area contributed by atoms with Crippen LogP contribution in [0, 0.1) is 24.0 Å². The molecule has 0 aliphatic heterocycles. The lowest BCUT2D eigenvalue weighted by Crippen LogP contribution is -2.01. The van der Waals surface area contributed by atoms with Crippen LogP contribution in [-0.2, 0) is 6.54 Å². The van der Waals surface area contributed by atoms with Crippen LogP contribution >= 0.6 is 15.9 Å². The molecule has 0 fully saturated rings. The van der Waals surface area contributed by atoms with E-state index in [-0.39, 0.29) is 10.6 Å². The van der Waals surface area contributed by atoms with E-state index < -0.39 is 0 Å². The Morgan fingerprint density at radius 2 is 1.85 bits per heavy atom. The minimum Gasteiger partial charge on any atom is -0.381 e. The van der Waals surface area contributed by atoms with Crippen LogP contribution in [0.3, 0.4) is 0 Å². The third-order valence-electron chi connectivity index (χ3n) is 3.14. The number of nitrogens with zero attached hydrogens (tertiary/aromatic N) is 1. The van der Waals surface area contributed by atoms with Crippen LogP contribution in [0.1, 0.15) is 16.7 Å². The van der Waals surface area contributed by atoms with Gasteiger partial charge in [-0.05, 0) is 37.1 Å². The van der Waals surface area contributed by atoms with Crippen molar-refractivity contribution in [3.8, 4) is 0 Å². The lowest BCUT2D eigenvalue weighted by atomic mass is 10.1. The van der Waals surface area contributed by atoms with Gasteiger partial charge in [-0.15, -0.1) is 0 Å². The summed E-state index contributed by atoms with van der Waals surface area (Å²) < 4.78 is 1.06. The van der Waals surface area contributed by atoms with E-state index in [9.17, 15) is 10.1 Å². The van der Waals surface area contributed by atoms with E-state index in [0.717, 1.165) is 15.7 Å². The van der Waals surface area contributed by atoms with Crippen molar-refractivity contribution in [2.45, 2.75) is 20.4 Å². The van der Waals surface area contributed by atoms with Crippen LogP contribution in [0.2, 0.25) is 0 Å². The summed E-state index contributed by atoms with van der Waals surface area (Å²) in [4.78, 5) is 10.5. The van der Waals surface area contributed by atoms with Crippen molar-refractivity contribution < 1.29 is 4.92 Å². The molecule has 5 heteroatoms. The summed E-state index contributed by atoms with van der Waals surface area (Å²) in [5, 5.41) is 14.1. The largest absolute Gasteiger partial charge is 0.381 e. The van der Waals surface area contributed by atoms with Crippen LogP contribution < -0.4 is 5.32 Å². The average molecular weight is 335 g/mol. The highest BCUT2D eigenvalue weighted by atomic mass is 79.9. The SMILES string of the molecule is Cc1ccc(CNc2ccc(C)c([N+](=O)[O-])c2)cc1Br. The van der Waals surface area contributed by atoms with E-state index in [0.29, 0.717) is 12.1 Å². The van der Waals surface area contributed by atoms with Gasteiger partial charge in [-0.3, -0.25) is 10.1 Å². The minimum absolute atomic E-state index is 0.139. The Morgan fingerprint density at radius 3 is 2.50 bits per heavy atom. The number of hydrogen-bond acceptors (Lipinski definition) is 3. The number of anilines is 1. The molecule has 0 spiro atoms. The van der Waals surface area contributed by atoms with Gasteiger partial charge in [0, 0.05) is 28.3 Å². The summed E-state index contributed by atoms with van der Waals surface area (Å²) in [6.07, 6.45) is 0. The van der Waals surface area contributed by atoms with E-state index in [2.05, 4.69) is 21.2 Å². The van der Waals surface area contributed by atoms with Gasteiger partial charge in [-0.25, -0.2) is 0 Å². The van der Waals surface area contributed by atoms with Crippen LogP contribution in [0.5, 0.6) is 0 Å². The molecule has 0 heterocycles. The van der Waals surface area contributed by atoms with E-state index in [1.54, 1.807) is 19.1 Å². The fourth-order valence-electron chi connectivity index (χ4n) is 1.87. The van der Waals surface area contributed by atoms with Gasteiger partial charge < -0.3 is 5.32 Å². The van der Waals surface area contributed by atoms with Crippen LogP contribution in [0.4, 0.5) is 11.4 Å². The Labute approximate surface area is 126 Å². The smallest absolute Gasteiger partial charge is 0.274 e. The maximum absolute atomic E-state index is 10.9. The van der Waals surface area contributed by atoms with Crippen LogP contribution in [0.25, 0.3) is 0 Å². The van der Waals surface area contributed by atoms with Gasteiger partial charge in [0.05, 0.1) is 4.92 Å².